The van der Waals surface area contributed by atoms with Crippen LogP contribution in [0.5, 0.6) is 0 Å². The molecular formula is C11H21F3N2O2S. The zero-order valence-electron chi connectivity index (χ0n) is 10.8. The minimum absolute atomic E-state index is 0.00622. The van der Waals surface area contributed by atoms with E-state index in [4.69, 9.17) is 0 Å². The fourth-order valence-corrected chi connectivity index (χ4v) is 3.46. The molecule has 0 amide bonds. The standard InChI is InChI=1S/C11H21F3N2O2S/c12-11(13,14)6-2-4-8-16-19(17,18)9-10-5-1-3-7-15-10/h10,15-16H,1-9H2. The van der Waals surface area contributed by atoms with Crippen LogP contribution < -0.4 is 10.0 Å². The molecular weight excluding hydrogens is 281 g/mol. The minimum Gasteiger partial charge on any atom is -0.313 e. The van der Waals surface area contributed by atoms with Gasteiger partial charge in [-0.2, -0.15) is 13.2 Å². The van der Waals surface area contributed by atoms with E-state index in [1.807, 2.05) is 0 Å². The first-order chi connectivity index (χ1) is 8.79. The number of nitrogens with one attached hydrogen (secondary N) is 2. The van der Waals surface area contributed by atoms with Crippen molar-refractivity contribution in [2.75, 3.05) is 18.8 Å². The monoisotopic (exact) mass is 302 g/mol. The predicted octanol–water partition coefficient (Wildman–Crippen LogP) is 1.78. The van der Waals surface area contributed by atoms with Gasteiger partial charge >= 0.3 is 6.18 Å². The summed E-state index contributed by atoms with van der Waals surface area (Å²) in [6, 6.07) is -0.0403. The van der Waals surface area contributed by atoms with Crippen LogP contribution in [0.2, 0.25) is 0 Å². The van der Waals surface area contributed by atoms with E-state index in [0.29, 0.717) is 0 Å². The summed E-state index contributed by atoms with van der Waals surface area (Å²) in [6.07, 6.45) is -1.97. The Hall–Kier alpha value is -0.340. The third-order valence-corrected chi connectivity index (χ3v) is 4.53. The molecule has 1 aliphatic heterocycles. The molecule has 1 aliphatic rings. The van der Waals surface area contributed by atoms with Gasteiger partial charge in [-0.1, -0.05) is 6.42 Å². The molecule has 2 N–H and O–H groups in total. The van der Waals surface area contributed by atoms with Crippen LogP contribution in [0.25, 0.3) is 0 Å². The van der Waals surface area contributed by atoms with Gasteiger partial charge in [0.1, 0.15) is 0 Å². The second kappa shape index (κ2) is 7.44. The molecule has 0 aromatic heterocycles. The molecule has 0 aromatic carbocycles. The number of unbranched alkanes of at least 4 members (excludes halogenated alkanes) is 1. The van der Waals surface area contributed by atoms with Gasteiger partial charge < -0.3 is 5.32 Å². The fraction of sp³-hybridized carbons (Fsp3) is 1.00. The first-order valence-electron chi connectivity index (χ1n) is 6.56. The Kier molecular flexibility index (Phi) is 6.55. The zero-order chi connectivity index (χ0) is 14.4. The van der Waals surface area contributed by atoms with Gasteiger partial charge in [-0.25, -0.2) is 13.1 Å². The number of rotatable bonds is 7. The highest BCUT2D eigenvalue weighted by Gasteiger charge is 2.26. The van der Waals surface area contributed by atoms with Gasteiger partial charge in [0.15, 0.2) is 0 Å². The van der Waals surface area contributed by atoms with Gasteiger partial charge in [0.25, 0.3) is 0 Å². The largest absolute Gasteiger partial charge is 0.389 e. The summed E-state index contributed by atoms with van der Waals surface area (Å²) in [5.41, 5.74) is 0. The molecule has 0 spiro atoms. The average molecular weight is 302 g/mol. The SMILES string of the molecule is O=S(=O)(CC1CCCCN1)NCCCCC(F)(F)F. The van der Waals surface area contributed by atoms with Crippen molar-refractivity contribution in [1.29, 1.82) is 0 Å². The number of sulfonamides is 1. The maximum absolute atomic E-state index is 11.9. The molecule has 1 fully saturated rings. The Morgan fingerprint density at radius 2 is 1.95 bits per heavy atom. The van der Waals surface area contributed by atoms with Crippen LogP contribution in [0.4, 0.5) is 13.2 Å². The lowest BCUT2D eigenvalue weighted by molar-refractivity contribution is -0.135. The Morgan fingerprint density at radius 3 is 2.53 bits per heavy atom. The summed E-state index contributed by atoms with van der Waals surface area (Å²) in [6.45, 7) is 0.900. The van der Waals surface area contributed by atoms with Crippen molar-refractivity contribution in [2.24, 2.45) is 0 Å². The summed E-state index contributed by atoms with van der Waals surface area (Å²) in [5, 5.41) is 3.13. The van der Waals surface area contributed by atoms with Gasteiger partial charge in [0.2, 0.25) is 10.0 Å². The number of piperidine rings is 1. The van der Waals surface area contributed by atoms with Crippen molar-refractivity contribution < 1.29 is 21.6 Å². The summed E-state index contributed by atoms with van der Waals surface area (Å²) in [5.74, 6) is 0.00622. The molecule has 0 radical (unpaired) electrons. The van der Waals surface area contributed by atoms with Gasteiger partial charge in [-0.15, -0.1) is 0 Å². The smallest absolute Gasteiger partial charge is 0.313 e. The van der Waals surface area contributed by atoms with Crippen molar-refractivity contribution in [3.8, 4) is 0 Å². The minimum atomic E-state index is -4.16. The van der Waals surface area contributed by atoms with E-state index in [9.17, 15) is 21.6 Å². The normalized spacial score (nSPS) is 21.5. The van der Waals surface area contributed by atoms with Gasteiger partial charge in [0.05, 0.1) is 5.75 Å². The molecule has 4 nitrogen and oxygen atoms in total. The lowest BCUT2D eigenvalue weighted by Crippen LogP contribution is -2.42. The number of halogens is 3. The molecule has 1 rings (SSSR count). The first-order valence-corrected chi connectivity index (χ1v) is 8.21. The lowest BCUT2D eigenvalue weighted by Gasteiger charge is -2.23. The molecule has 1 unspecified atom stereocenters. The predicted molar refractivity (Wildman–Crippen MR) is 67.3 cm³/mol. The summed E-state index contributed by atoms with van der Waals surface area (Å²) in [7, 11) is -3.39. The van der Waals surface area contributed by atoms with Gasteiger partial charge in [-0.3, -0.25) is 0 Å². The van der Waals surface area contributed by atoms with Crippen LogP contribution in [0.3, 0.4) is 0 Å². The van der Waals surface area contributed by atoms with Crippen LogP contribution in [-0.2, 0) is 10.0 Å². The van der Waals surface area contributed by atoms with E-state index < -0.39 is 22.6 Å². The molecule has 1 atom stereocenters. The number of hydrogen-bond donors (Lipinski definition) is 2. The topological polar surface area (TPSA) is 58.2 Å². The van der Waals surface area contributed by atoms with E-state index in [1.165, 1.54) is 0 Å². The van der Waals surface area contributed by atoms with Gasteiger partial charge in [-0.05, 0) is 32.2 Å². The molecule has 114 valence electrons. The molecule has 0 bridgehead atoms. The van der Waals surface area contributed by atoms with Crippen LogP contribution in [0.1, 0.15) is 38.5 Å². The second-order valence-corrected chi connectivity index (χ2v) is 6.75. The number of alkyl halides is 3. The van der Waals surface area contributed by atoms with E-state index in [-0.39, 0.29) is 31.2 Å². The average Bonchev–Trinajstić information content (AvgIpc) is 2.27. The molecule has 1 heterocycles. The van der Waals surface area contributed by atoms with Crippen LogP contribution >= 0.6 is 0 Å². The molecule has 0 saturated carbocycles. The fourth-order valence-electron chi connectivity index (χ4n) is 2.07. The van der Waals surface area contributed by atoms with Crippen LogP contribution in [0, 0.1) is 0 Å². The van der Waals surface area contributed by atoms with E-state index in [0.717, 1.165) is 25.8 Å². The van der Waals surface area contributed by atoms with Crippen LogP contribution in [-0.4, -0.2) is 39.5 Å². The zero-order valence-corrected chi connectivity index (χ0v) is 11.6. The summed E-state index contributed by atoms with van der Waals surface area (Å²) < 4.78 is 61.4. The highest BCUT2D eigenvalue weighted by Crippen LogP contribution is 2.21. The van der Waals surface area contributed by atoms with Crippen molar-refractivity contribution in [1.82, 2.24) is 10.0 Å². The van der Waals surface area contributed by atoms with E-state index >= 15 is 0 Å². The van der Waals surface area contributed by atoms with Gasteiger partial charge in [0, 0.05) is 19.0 Å². The van der Waals surface area contributed by atoms with Crippen LogP contribution in [0.15, 0.2) is 0 Å². The summed E-state index contributed by atoms with van der Waals surface area (Å²) in [4.78, 5) is 0. The first kappa shape index (κ1) is 16.7. The Balaban J connectivity index is 2.16. The van der Waals surface area contributed by atoms with E-state index in [2.05, 4.69) is 10.0 Å². The molecule has 19 heavy (non-hydrogen) atoms. The van der Waals surface area contributed by atoms with Crippen molar-refractivity contribution in [3.05, 3.63) is 0 Å². The van der Waals surface area contributed by atoms with Crippen molar-refractivity contribution in [3.63, 3.8) is 0 Å². The highest BCUT2D eigenvalue weighted by molar-refractivity contribution is 7.89. The quantitative estimate of drug-likeness (QED) is 0.705. The third kappa shape index (κ3) is 8.43. The Labute approximate surface area is 112 Å². The maximum atomic E-state index is 11.9. The molecule has 0 aliphatic carbocycles. The molecule has 1 saturated heterocycles. The molecule has 0 aromatic rings. The summed E-state index contributed by atoms with van der Waals surface area (Å²) >= 11 is 0. The Bertz CT molecular complexity index is 351. The highest BCUT2D eigenvalue weighted by atomic mass is 32.2. The van der Waals surface area contributed by atoms with Crippen molar-refractivity contribution in [2.45, 2.75) is 50.7 Å². The lowest BCUT2D eigenvalue weighted by atomic mass is 10.1. The number of hydrogen-bond acceptors (Lipinski definition) is 3. The Morgan fingerprint density at radius 1 is 1.21 bits per heavy atom. The third-order valence-electron chi connectivity index (χ3n) is 3.04. The second-order valence-electron chi connectivity index (χ2n) is 4.89. The molecule has 8 heteroatoms. The van der Waals surface area contributed by atoms with Crippen molar-refractivity contribution >= 4 is 10.0 Å². The maximum Gasteiger partial charge on any atom is 0.389 e. The van der Waals surface area contributed by atoms with E-state index in [1.54, 1.807) is 0 Å².